The first-order valence-electron chi connectivity index (χ1n) is 6.02. The topological polar surface area (TPSA) is 68.0 Å². The van der Waals surface area contributed by atoms with Crippen molar-refractivity contribution in [1.82, 2.24) is 4.98 Å². The molecular formula is C13H21N3O. The molecule has 1 rings (SSSR count). The van der Waals surface area contributed by atoms with Crippen molar-refractivity contribution in [2.75, 3.05) is 11.9 Å². The number of nitrogens with one attached hydrogen (secondary N) is 1. The van der Waals surface area contributed by atoms with E-state index in [9.17, 15) is 4.79 Å². The number of hydrogen-bond donors (Lipinski definition) is 2. The Hall–Kier alpha value is -1.42. The van der Waals surface area contributed by atoms with Gasteiger partial charge in [-0.25, -0.2) is 0 Å². The van der Waals surface area contributed by atoms with Gasteiger partial charge in [-0.05, 0) is 31.9 Å². The number of hydrogen-bond acceptors (Lipinski definition) is 3. The Morgan fingerprint density at radius 1 is 1.41 bits per heavy atom. The monoisotopic (exact) mass is 235 g/mol. The van der Waals surface area contributed by atoms with Gasteiger partial charge in [0.15, 0.2) is 0 Å². The van der Waals surface area contributed by atoms with Gasteiger partial charge in [-0.2, -0.15) is 0 Å². The average Bonchev–Trinajstić information content (AvgIpc) is 2.35. The fourth-order valence-corrected chi connectivity index (χ4v) is 1.76. The van der Waals surface area contributed by atoms with E-state index in [2.05, 4.69) is 10.3 Å². The van der Waals surface area contributed by atoms with Crippen LogP contribution in [0.5, 0.6) is 0 Å². The van der Waals surface area contributed by atoms with Crippen molar-refractivity contribution in [1.29, 1.82) is 0 Å². The van der Waals surface area contributed by atoms with Gasteiger partial charge in [0.1, 0.15) is 0 Å². The Balaban J connectivity index is 2.80. The molecule has 1 heterocycles. The van der Waals surface area contributed by atoms with Crippen LogP contribution >= 0.6 is 0 Å². The molecule has 0 atom stereocenters. The van der Waals surface area contributed by atoms with Crippen molar-refractivity contribution >= 4 is 11.6 Å². The summed E-state index contributed by atoms with van der Waals surface area (Å²) in [4.78, 5) is 16.3. The van der Waals surface area contributed by atoms with Gasteiger partial charge in [0.05, 0.1) is 17.3 Å². The summed E-state index contributed by atoms with van der Waals surface area (Å²) in [6.07, 6.45) is 3.15. The number of carbonyl (C=O) groups excluding carboxylic acids is 1. The van der Waals surface area contributed by atoms with E-state index in [1.807, 2.05) is 32.9 Å². The van der Waals surface area contributed by atoms with Gasteiger partial charge < -0.3 is 11.1 Å². The molecular weight excluding hydrogens is 214 g/mol. The minimum atomic E-state index is -0.467. The average molecular weight is 235 g/mol. The number of aromatic nitrogens is 1. The molecule has 94 valence electrons. The highest BCUT2D eigenvalue weighted by Gasteiger charge is 2.33. The lowest BCUT2D eigenvalue weighted by Gasteiger charge is -2.28. The van der Waals surface area contributed by atoms with E-state index in [1.54, 1.807) is 6.20 Å². The SMILES string of the molecule is CCC(CC)(CN)C(=O)Nc1ccc(C)nc1. The van der Waals surface area contributed by atoms with Gasteiger partial charge in [-0.3, -0.25) is 9.78 Å². The smallest absolute Gasteiger partial charge is 0.231 e. The van der Waals surface area contributed by atoms with Crippen LogP contribution < -0.4 is 11.1 Å². The largest absolute Gasteiger partial charge is 0.329 e. The summed E-state index contributed by atoms with van der Waals surface area (Å²) in [6, 6.07) is 3.73. The molecule has 0 aliphatic heterocycles. The van der Waals surface area contributed by atoms with Gasteiger partial charge in [0.2, 0.25) is 5.91 Å². The number of pyridine rings is 1. The molecule has 0 aliphatic carbocycles. The standard InChI is InChI=1S/C13H21N3O/c1-4-13(5-2,9-14)12(17)16-11-7-6-10(3)15-8-11/h6-8H,4-5,9,14H2,1-3H3,(H,16,17). The predicted octanol–water partition coefficient (Wildman–Crippen LogP) is 2.09. The Morgan fingerprint density at radius 2 is 2.06 bits per heavy atom. The van der Waals surface area contributed by atoms with Crippen molar-refractivity contribution in [3.8, 4) is 0 Å². The molecule has 0 unspecified atom stereocenters. The van der Waals surface area contributed by atoms with Crippen LogP contribution in [0.25, 0.3) is 0 Å². The molecule has 0 fully saturated rings. The van der Waals surface area contributed by atoms with Gasteiger partial charge in [-0.15, -0.1) is 0 Å². The number of nitrogens with two attached hydrogens (primary N) is 1. The van der Waals surface area contributed by atoms with E-state index in [4.69, 9.17) is 5.73 Å². The van der Waals surface area contributed by atoms with Gasteiger partial charge in [0, 0.05) is 12.2 Å². The molecule has 17 heavy (non-hydrogen) atoms. The van der Waals surface area contributed by atoms with E-state index < -0.39 is 5.41 Å². The zero-order chi connectivity index (χ0) is 12.9. The summed E-state index contributed by atoms with van der Waals surface area (Å²) < 4.78 is 0. The third kappa shape index (κ3) is 3.03. The number of carbonyl (C=O) groups is 1. The molecule has 4 nitrogen and oxygen atoms in total. The van der Waals surface area contributed by atoms with E-state index in [0.29, 0.717) is 6.54 Å². The Morgan fingerprint density at radius 3 is 2.47 bits per heavy atom. The van der Waals surface area contributed by atoms with Crippen LogP contribution in [0.2, 0.25) is 0 Å². The highest BCUT2D eigenvalue weighted by atomic mass is 16.2. The van der Waals surface area contributed by atoms with E-state index >= 15 is 0 Å². The summed E-state index contributed by atoms with van der Waals surface area (Å²) in [5.41, 5.74) is 6.92. The molecule has 1 aromatic heterocycles. The first-order valence-corrected chi connectivity index (χ1v) is 6.02. The predicted molar refractivity (Wildman–Crippen MR) is 69.7 cm³/mol. The number of amides is 1. The first kappa shape index (κ1) is 13.6. The van der Waals surface area contributed by atoms with E-state index in [1.165, 1.54) is 0 Å². The van der Waals surface area contributed by atoms with Crippen molar-refractivity contribution in [2.45, 2.75) is 33.6 Å². The lowest BCUT2D eigenvalue weighted by molar-refractivity contribution is -0.125. The minimum absolute atomic E-state index is 0.0179. The maximum Gasteiger partial charge on any atom is 0.231 e. The van der Waals surface area contributed by atoms with Crippen LogP contribution in [0, 0.1) is 12.3 Å². The summed E-state index contributed by atoms with van der Waals surface area (Å²) >= 11 is 0. The van der Waals surface area contributed by atoms with Crippen LogP contribution in [-0.2, 0) is 4.79 Å². The zero-order valence-electron chi connectivity index (χ0n) is 10.8. The van der Waals surface area contributed by atoms with Crippen molar-refractivity contribution in [3.05, 3.63) is 24.0 Å². The lowest BCUT2D eigenvalue weighted by atomic mass is 9.81. The Bertz CT molecular complexity index is 360. The van der Waals surface area contributed by atoms with Crippen molar-refractivity contribution in [2.24, 2.45) is 11.1 Å². The molecule has 1 aromatic rings. The fourth-order valence-electron chi connectivity index (χ4n) is 1.76. The second-order valence-electron chi connectivity index (χ2n) is 4.33. The normalized spacial score (nSPS) is 11.3. The third-order valence-corrected chi connectivity index (χ3v) is 3.40. The number of aryl methyl sites for hydroxylation is 1. The fraction of sp³-hybridized carbons (Fsp3) is 0.538. The first-order chi connectivity index (χ1) is 8.07. The number of nitrogens with zero attached hydrogens (tertiary/aromatic N) is 1. The van der Waals surface area contributed by atoms with Crippen molar-refractivity contribution < 1.29 is 4.79 Å². The third-order valence-electron chi connectivity index (χ3n) is 3.40. The maximum atomic E-state index is 12.2. The van der Waals surface area contributed by atoms with Crippen LogP contribution in [0.3, 0.4) is 0 Å². The molecule has 0 saturated heterocycles. The number of anilines is 1. The van der Waals surface area contributed by atoms with Crippen LogP contribution in [-0.4, -0.2) is 17.4 Å². The molecule has 3 N–H and O–H groups in total. The lowest BCUT2D eigenvalue weighted by Crippen LogP contribution is -2.41. The zero-order valence-corrected chi connectivity index (χ0v) is 10.8. The molecule has 0 radical (unpaired) electrons. The summed E-state index contributed by atoms with van der Waals surface area (Å²) in [5, 5.41) is 2.88. The summed E-state index contributed by atoms with van der Waals surface area (Å²) in [5.74, 6) is -0.0179. The molecule has 4 heteroatoms. The summed E-state index contributed by atoms with van der Waals surface area (Å²) in [6.45, 7) is 6.26. The summed E-state index contributed by atoms with van der Waals surface area (Å²) in [7, 11) is 0. The number of rotatable bonds is 5. The van der Waals surface area contributed by atoms with Crippen LogP contribution in [0.1, 0.15) is 32.4 Å². The van der Waals surface area contributed by atoms with E-state index in [-0.39, 0.29) is 5.91 Å². The molecule has 0 aliphatic rings. The molecule has 0 saturated carbocycles. The molecule has 0 bridgehead atoms. The second-order valence-corrected chi connectivity index (χ2v) is 4.33. The highest BCUT2D eigenvalue weighted by Crippen LogP contribution is 2.26. The van der Waals surface area contributed by atoms with Gasteiger partial charge >= 0.3 is 0 Å². The highest BCUT2D eigenvalue weighted by molar-refractivity contribution is 5.95. The quantitative estimate of drug-likeness (QED) is 0.821. The Kier molecular flexibility index (Phi) is 4.63. The van der Waals surface area contributed by atoms with Crippen LogP contribution in [0.4, 0.5) is 5.69 Å². The molecule has 1 amide bonds. The van der Waals surface area contributed by atoms with Crippen LogP contribution in [0.15, 0.2) is 18.3 Å². The maximum absolute atomic E-state index is 12.2. The minimum Gasteiger partial charge on any atom is -0.329 e. The van der Waals surface area contributed by atoms with Crippen molar-refractivity contribution in [3.63, 3.8) is 0 Å². The second kappa shape index (κ2) is 5.77. The molecule has 0 spiro atoms. The van der Waals surface area contributed by atoms with E-state index in [0.717, 1.165) is 24.2 Å². The van der Waals surface area contributed by atoms with Gasteiger partial charge in [-0.1, -0.05) is 13.8 Å². The van der Waals surface area contributed by atoms with Gasteiger partial charge in [0.25, 0.3) is 0 Å². The Labute approximate surface area is 103 Å². The molecule has 0 aromatic carbocycles.